The molecule has 0 N–H and O–H groups in total. The number of nitrogens with zero attached hydrogens (tertiary/aromatic N) is 3. The third kappa shape index (κ3) is 5.47. The van der Waals surface area contributed by atoms with E-state index >= 15 is 0 Å². The zero-order valence-electron chi connectivity index (χ0n) is 21.7. The van der Waals surface area contributed by atoms with Gasteiger partial charge in [0.15, 0.2) is 0 Å². The van der Waals surface area contributed by atoms with Gasteiger partial charge in [-0.25, -0.2) is 4.79 Å². The minimum atomic E-state index is -5.07. The van der Waals surface area contributed by atoms with E-state index in [1.54, 1.807) is 24.5 Å². The summed E-state index contributed by atoms with van der Waals surface area (Å²) >= 11 is 0. The number of ether oxygens (including phenoxy) is 1. The first-order valence-corrected chi connectivity index (χ1v) is 12.9. The number of piperidine rings is 1. The van der Waals surface area contributed by atoms with Crippen LogP contribution in [0.2, 0.25) is 0 Å². The average molecular weight is 578 g/mol. The van der Waals surface area contributed by atoms with Gasteiger partial charge >= 0.3 is 18.4 Å². The molecule has 216 valence electrons. The van der Waals surface area contributed by atoms with Crippen LogP contribution in [0, 0.1) is 0 Å². The number of halogens is 6. The molecule has 41 heavy (non-hydrogen) atoms. The number of aromatic nitrogens is 1. The lowest BCUT2D eigenvalue weighted by Crippen LogP contribution is -2.62. The van der Waals surface area contributed by atoms with Crippen LogP contribution in [0.3, 0.4) is 0 Å². The first-order valence-electron chi connectivity index (χ1n) is 12.9. The minimum Gasteiger partial charge on any atom is -0.442 e. The van der Waals surface area contributed by atoms with Crippen LogP contribution in [-0.2, 0) is 17.1 Å². The first kappa shape index (κ1) is 28.4. The molecule has 0 aliphatic carbocycles. The summed E-state index contributed by atoms with van der Waals surface area (Å²) < 4.78 is 86.3. The number of hydrogen-bond acceptors (Lipinski definition) is 4. The number of hydrogen-bond donors (Lipinski definition) is 0. The van der Waals surface area contributed by atoms with Crippen molar-refractivity contribution >= 4 is 17.7 Å². The number of pyridine rings is 1. The number of alkyl halides is 6. The number of anilines is 1. The van der Waals surface area contributed by atoms with E-state index in [0.29, 0.717) is 17.8 Å². The van der Waals surface area contributed by atoms with Gasteiger partial charge in [0.25, 0.3) is 5.91 Å². The highest BCUT2D eigenvalue weighted by molar-refractivity contribution is 5.95. The highest BCUT2D eigenvalue weighted by atomic mass is 19.4. The number of rotatable bonds is 3. The van der Waals surface area contributed by atoms with Gasteiger partial charge in [-0.05, 0) is 42.8 Å². The van der Waals surface area contributed by atoms with Crippen LogP contribution >= 0.6 is 0 Å². The maximum Gasteiger partial charge on any atom is 0.416 e. The van der Waals surface area contributed by atoms with Crippen molar-refractivity contribution in [2.24, 2.45) is 0 Å². The number of likely N-dealkylation sites (tertiary alicyclic amines) is 1. The lowest BCUT2D eigenvalue weighted by molar-refractivity contribution is -0.143. The quantitative estimate of drug-likeness (QED) is 0.317. The van der Waals surface area contributed by atoms with Gasteiger partial charge in [-0.15, -0.1) is 0 Å². The van der Waals surface area contributed by atoms with Gasteiger partial charge in [0, 0.05) is 49.7 Å². The molecule has 2 unspecified atom stereocenters. The molecule has 2 atom stereocenters. The van der Waals surface area contributed by atoms with Crippen molar-refractivity contribution in [3.05, 3.63) is 95.3 Å². The van der Waals surface area contributed by atoms with E-state index < -0.39 is 52.7 Å². The molecule has 12 heteroatoms. The van der Waals surface area contributed by atoms with Gasteiger partial charge in [0.05, 0.1) is 23.0 Å². The lowest BCUT2D eigenvalue weighted by Gasteiger charge is -2.53. The van der Waals surface area contributed by atoms with Crippen molar-refractivity contribution < 1.29 is 40.7 Å². The van der Waals surface area contributed by atoms with E-state index in [0.717, 1.165) is 5.56 Å². The zero-order chi connectivity index (χ0) is 29.6. The molecule has 5 rings (SSSR count). The van der Waals surface area contributed by atoms with Crippen molar-refractivity contribution in [1.82, 2.24) is 9.88 Å². The fourth-order valence-corrected chi connectivity index (χ4v) is 5.88. The standard InChI is InChI=1S/C29H25F6N3O3/c1-18-24(19-6-3-2-4-7-19)27(41-26(40)38(18)23-8-5-11-36-17-23)9-12-37(13-10-27)25(39)20-14-21(28(30,31)32)16-22(15-20)29(33,34)35/h2-8,11,14-18,24H,9-10,12-13H2,1H3. The van der Waals surface area contributed by atoms with Gasteiger partial charge in [0.1, 0.15) is 5.60 Å². The molecule has 0 bridgehead atoms. The maximum atomic E-state index is 13.4. The normalized spacial score (nSPS) is 21.1. The fourth-order valence-electron chi connectivity index (χ4n) is 5.88. The largest absolute Gasteiger partial charge is 0.442 e. The molecule has 3 heterocycles. The van der Waals surface area contributed by atoms with Crippen molar-refractivity contribution in [2.75, 3.05) is 18.0 Å². The molecule has 3 aromatic rings. The predicted octanol–water partition coefficient (Wildman–Crippen LogP) is 6.92. The van der Waals surface area contributed by atoms with Crippen LogP contribution in [0.5, 0.6) is 0 Å². The van der Waals surface area contributed by atoms with Crippen molar-refractivity contribution in [2.45, 2.75) is 49.7 Å². The van der Waals surface area contributed by atoms with E-state index in [9.17, 15) is 35.9 Å². The highest BCUT2D eigenvalue weighted by Crippen LogP contribution is 2.48. The monoisotopic (exact) mass is 577 g/mol. The minimum absolute atomic E-state index is 0.0106. The molecule has 0 radical (unpaired) electrons. The molecule has 2 fully saturated rings. The van der Waals surface area contributed by atoms with Crippen LogP contribution in [0.4, 0.5) is 36.8 Å². The Morgan fingerprint density at radius 2 is 1.54 bits per heavy atom. The van der Waals surface area contributed by atoms with Crippen LogP contribution in [0.25, 0.3) is 0 Å². The molecule has 2 aliphatic heterocycles. The Labute approximate surface area is 231 Å². The van der Waals surface area contributed by atoms with E-state index in [1.807, 2.05) is 37.3 Å². The molecule has 2 saturated heterocycles. The maximum absolute atomic E-state index is 13.4. The third-order valence-electron chi connectivity index (χ3n) is 7.76. The molecule has 0 saturated carbocycles. The first-order chi connectivity index (χ1) is 19.3. The van der Waals surface area contributed by atoms with E-state index in [4.69, 9.17) is 4.74 Å². The van der Waals surface area contributed by atoms with Gasteiger partial charge in [-0.1, -0.05) is 30.3 Å². The number of carbonyl (C=O) groups excluding carboxylic acids is 2. The molecular formula is C29H25F6N3O3. The number of amides is 2. The molecular weight excluding hydrogens is 552 g/mol. The van der Waals surface area contributed by atoms with Gasteiger partial charge in [-0.3, -0.25) is 14.7 Å². The zero-order valence-corrected chi connectivity index (χ0v) is 21.7. The van der Waals surface area contributed by atoms with Crippen LogP contribution in [0.15, 0.2) is 73.1 Å². The molecule has 6 nitrogen and oxygen atoms in total. The topological polar surface area (TPSA) is 62.7 Å². The lowest BCUT2D eigenvalue weighted by atomic mass is 9.71. The average Bonchev–Trinajstić information content (AvgIpc) is 2.93. The Bertz CT molecular complexity index is 1390. The van der Waals surface area contributed by atoms with Gasteiger partial charge < -0.3 is 9.64 Å². The smallest absolute Gasteiger partial charge is 0.416 e. The van der Waals surface area contributed by atoms with Gasteiger partial charge in [-0.2, -0.15) is 26.3 Å². The summed E-state index contributed by atoms with van der Waals surface area (Å²) in [6.45, 7) is 1.81. The fraction of sp³-hybridized carbons (Fsp3) is 0.345. The Morgan fingerprint density at radius 1 is 0.927 bits per heavy atom. The van der Waals surface area contributed by atoms with Crippen LogP contribution < -0.4 is 4.90 Å². The van der Waals surface area contributed by atoms with Crippen molar-refractivity contribution in [1.29, 1.82) is 0 Å². The molecule has 2 amide bonds. The van der Waals surface area contributed by atoms with Gasteiger partial charge in [0.2, 0.25) is 0 Å². The Hall–Kier alpha value is -4.09. The SMILES string of the molecule is CC1C(c2ccccc2)C2(CCN(C(=O)c3cc(C(F)(F)F)cc(C(F)(F)F)c3)CC2)OC(=O)N1c1cccnc1. The highest BCUT2D eigenvalue weighted by Gasteiger charge is 2.54. The summed E-state index contributed by atoms with van der Waals surface area (Å²) in [6, 6.07) is 13.2. The summed E-state index contributed by atoms with van der Waals surface area (Å²) in [5, 5.41) is 0. The second-order valence-electron chi connectivity index (χ2n) is 10.2. The predicted molar refractivity (Wildman–Crippen MR) is 136 cm³/mol. The summed E-state index contributed by atoms with van der Waals surface area (Å²) in [5.74, 6) is -1.32. The van der Waals surface area contributed by atoms with E-state index in [1.165, 1.54) is 9.80 Å². The Balaban J connectivity index is 1.44. The van der Waals surface area contributed by atoms with Crippen molar-refractivity contribution in [3.63, 3.8) is 0 Å². The second kappa shape index (κ2) is 10.4. The summed E-state index contributed by atoms with van der Waals surface area (Å²) in [6.07, 6.45) is -7.35. The Kier molecular flexibility index (Phi) is 7.20. The van der Waals surface area contributed by atoms with Crippen LogP contribution in [-0.4, -0.2) is 46.6 Å². The Morgan fingerprint density at radius 3 is 2.07 bits per heavy atom. The second-order valence-corrected chi connectivity index (χ2v) is 10.2. The summed E-state index contributed by atoms with van der Waals surface area (Å²) in [5.41, 5.74) is -3.46. The molecule has 2 aromatic carbocycles. The van der Waals surface area contributed by atoms with Crippen molar-refractivity contribution in [3.8, 4) is 0 Å². The van der Waals surface area contributed by atoms with Crippen LogP contribution in [0.1, 0.15) is 52.7 Å². The molecule has 1 aromatic heterocycles. The summed E-state index contributed by atoms with van der Waals surface area (Å²) in [4.78, 5) is 33.4. The summed E-state index contributed by atoms with van der Waals surface area (Å²) in [7, 11) is 0. The molecule has 1 spiro atoms. The molecule has 2 aliphatic rings. The third-order valence-corrected chi connectivity index (χ3v) is 7.76. The number of benzene rings is 2. The number of carbonyl (C=O) groups is 2. The van der Waals surface area contributed by atoms with E-state index in [2.05, 4.69) is 4.98 Å². The van der Waals surface area contributed by atoms with E-state index in [-0.39, 0.29) is 37.9 Å².